The summed E-state index contributed by atoms with van der Waals surface area (Å²) < 4.78 is 0. The van der Waals surface area contributed by atoms with Crippen LogP contribution in [-0.2, 0) is 9.59 Å². The van der Waals surface area contributed by atoms with Crippen molar-refractivity contribution >= 4 is 23.2 Å². The van der Waals surface area contributed by atoms with Gasteiger partial charge in [-0.3, -0.25) is 24.6 Å². The standard InChI is InChI=1S/C15H20N4O4/c1-11-3-4-13(14(9-11)19(22)23)16-15(21)10-17-5-7-18(8-6-17)12(2)20/h3-4,9H,5-8,10H2,1-2H3,(H,16,21). The first-order valence-electron chi connectivity index (χ1n) is 7.39. The van der Waals surface area contributed by atoms with Gasteiger partial charge in [-0.05, 0) is 18.6 Å². The molecule has 124 valence electrons. The molecule has 1 N–H and O–H groups in total. The van der Waals surface area contributed by atoms with Gasteiger partial charge in [0.05, 0.1) is 11.5 Å². The molecule has 1 aliphatic rings. The normalized spacial score (nSPS) is 15.3. The molecule has 1 saturated heterocycles. The molecular weight excluding hydrogens is 300 g/mol. The molecule has 1 aromatic carbocycles. The third-order valence-electron chi connectivity index (χ3n) is 3.81. The van der Waals surface area contributed by atoms with Crippen molar-refractivity contribution in [2.45, 2.75) is 13.8 Å². The predicted octanol–water partition coefficient (Wildman–Crippen LogP) is 1.01. The maximum absolute atomic E-state index is 12.1. The van der Waals surface area contributed by atoms with Crippen LogP contribution in [0.4, 0.5) is 11.4 Å². The lowest BCUT2D eigenvalue weighted by Gasteiger charge is -2.33. The molecule has 0 aliphatic carbocycles. The van der Waals surface area contributed by atoms with Gasteiger partial charge in [-0.2, -0.15) is 0 Å². The topological polar surface area (TPSA) is 95.8 Å². The number of nitro benzene ring substituents is 1. The zero-order chi connectivity index (χ0) is 17.0. The molecular formula is C15H20N4O4. The van der Waals surface area contributed by atoms with Crippen molar-refractivity contribution in [2.75, 3.05) is 38.0 Å². The van der Waals surface area contributed by atoms with E-state index >= 15 is 0 Å². The van der Waals surface area contributed by atoms with Gasteiger partial charge in [-0.1, -0.05) is 6.07 Å². The third-order valence-corrected chi connectivity index (χ3v) is 3.81. The van der Waals surface area contributed by atoms with Crippen molar-refractivity contribution in [3.63, 3.8) is 0 Å². The van der Waals surface area contributed by atoms with Crippen LogP contribution < -0.4 is 5.32 Å². The number of nitrogens with zero attached hydrogens (tertiary/aromatic N) is 3. The Morgan fingerprint density at radius 2 is 1.91 bits per heavy atom. The molecule has 0 radical (unpaired) electrons. The molecule has 23 heavy (non-hydrogen) atoms. The van der Waals surface area contributed by atoms with Gasteiger partial charge in [0.15, 0.2) is 0 Å². The molecule has 0 atom stereocenters. The fourth-order valence-electron chi connectivity index (χ4n) is 2.51. The quantitative estimate of drug-likeness (QED) is 0.660. The first-order chi connectivity index (χ1) is 10.9. The van der Waals surface area contributed by atoms with E-state index in [0.717, 1.165) is 5.56 Å². The largest absolute Gasteiger partial charge is 0.340 e. The number of anilines is 1. The van der Waals surface area contributed by atoms with E-state index in [1.807, 2.05) is 4.90 Å². The van der Waals surface area contributed by atoms with Gasteiger partial charge in [-0.15, -0.1) is 0 Å². The van der Waals surface area contributed by atoms with Crippen LogP contribution in [0.3, 0.4) is 0 Å². The Labute approximate surface area is 134 Å². The summed E-state index contributed by atoms with van der Waals surface area (Å²) in [6, 6.07) is 4.69. The number of benzene rings is 1. The molecule has 1 heterocycles. The minimum Gasteiger partial charge on any atom is -0.340 e. The van der Waals surface area contributed by atoms with Crippen molar-refractivity contribution in [3.8, 4) is 0 Å². The monoisotopic (exact) mass is 320 g/mol. The summed E-state index contributed by atoms with van der Waals surface area (Å²) in [7, 11) is 0. The van der Waals surface area contributed by atoms with Crippen molar-refractivity contribution < 1.29 is 14.5 Å². The molecule has 0 unspecified atom stereocenters. The maximum atomic E-state index is 12.1. The molecule has 2 rings (SSSR count). The van der Waals surface area contributed by atoms with Crippen molar-refractivity contribution in [3.05, 3.63) is 33.9 Å². The molecule has 1 aromatic rings. The van der Waals surface area contributed by atoms with Gasteiger partial charge < -0.3 is 10.2 Å². The average Bonchev–Trinajstić information content (AvgIpc) is 2.49. The van der Waals surface area contributed by atoms with Crippen LogP contribution >= 0.6 is 0 Å². The maximum Gasteiger partial charge on any atom is 0.293 e. The summed E-state index contributed by atoms with van der Waals surface area (Å²) >= 11 is 0. The molecule has 0 saturated carbocycles. The number of aryl methyl sites for hydroxylation is 1. The Morgan fingerprint density at radius 3 is 2.48 bits per heavy atom. The number of nitro groups is 1. The minimum absolute atomic E-state index is 0.0318. The number of piperazine rings is 1. The molecule has 8 heteroatoms. The Hall–Kier alpha value is -2.48. The van der Waals surface area contributed by atoms with Crippen LogP contribution in [0.2, 0.25) is 0 Å². The van der Waals surface area contributed by atoms with E-state index in [1.54, 1.807) is 24.0 Å². The highest BCUT2D eigenvalue weighted by Gasteiger charge is 2.21. The van der Waals surface area contributed by atoms with E-state index in [0.29, 0.717) is 26.2 Å². The molecule has 0 spiro atoms. The molecule has 0 bridgehead atoms. The summed E-state index contributed by atoms with van der Waals surface area (Å²) in [6.45, 7) is 5.84. The van der Waals surface area contributed by atoms with E-state index in [-0.39, 0.29) is 29.7 Å². The molecule has 1 fully saturated rings. The summed E-state index contributed by atoms with van der Waals surface area (Å²) in [5.41, 5.74) is 0.850. The van der Waals surface area contributed by atoms with Gasteiger partial charge in [0.2, 0.25) is 11.8 Å². The van der Waals surface area contributed by atoms with Crippen LogP contribution in [0, 0.1) is 17.0 Å². The average molecular weight is 320 g/mol. The summed E-state index contributed by atoms with van der Waals surface area (Å²) in [6.07, 6.45) is 0. The van der Waals surface area contributed by atoms with Crippen molar-refractivity contribution in [1.82, 2.24) is 9.80 Å². The molecule has 8 nitrogen and oxygen atoms in total. The summed E-state index contributed by atoms with van der Waals surface area (Å²) in [5.74, 6) is -0.266. The van der Waals surface area contributed by atoms with Crippen molar-refractivity contribution in [1.29, 1.82) is 0 Å². The van der Waals surface area contributed by atoms with Crippen LogP contribution in [0.25, 0.3) is 0 Å². The summed E-state index contributed by atoms with van der Waals surface area (Å²) in [4.78, 5) is 37.6. The van der Waals surface area contributed by atoms with E-state index < -0.39 is 4.92 Å². The number of rotatable bonds is 4. The van der Waals surface area contributed by atoms with Gasteiger partial charge in [0.25, 0.3) is 5.69 Å². The highest BCUT2D eigenvalue weighted by molar-refractivity contribution is 5.94. The minimum atomic E-state index is -0.506. The number of carbonyl (C=O) groups is 2. The number of nitrogens with one attached hydrogen (secondary N) is 1. The lowest BCUT2D eigenvalue weighted by atomic mass is 10.2. The number of hydrogen-bond acceptors (Lipinski definition) is 5. The van der Waals surface area contributed by atoms with E-state index in [9.17, 15) is 19.7 Å². The van der Waals surface area contributed by atoms with Crippen LogP contribution in [-0.4, -0.2) is 59.3 Å². The van der Waals surface area contributed by atoms with Crippen LogP contribution in [0.15, 0.2) is 18.2 Å². The zero-order valence-electron chi connectivity index (χ0n) is 13.2. The fraction of sp³-hybridized carbons (Fsp3) is 0.467. The first kappa shape index (κ1) is 16.9. The molecule has 1 aliphatic heterocycles. The molecule has 0 aromatic heterocycles. The van der Waals surface area contributed by atoms with Crippen molar-refractivity contribution in [2.24, 2.45) is 0 Å². The lowest BCUT2D eigenvalue weighted by Crippen LogP contribution is -2.49. The number of amides is 2. The number of carbonyl (C=O) groups excluding carboxylic acids is 2. The first-order valence-corrected chi connectivity index (χ1v) is 7.39. The van der Waals surface area contributed by atoms with E-state index in [4.69, 9.17) is 0 Å². The highest BCUT2D eigenvalue weighted by atomic mass is 16.6. The summed E-state index contributed by atoms with van der Waals surface area (Å²) in [5, 5.41) is 13.6. The van der Waals surface area contributed by atoms with Crippen LogP contribution in [0.5, 0.6) is 0 Å². The van der Waals surface area contributed by atoms with E-state index in [1.165, 1.54) is 13.0 Å². The second-order valence-electron chi connectivity index (χ2n) is 5.61. The zero-order valence-corrected chi connectivity index (χ0v) is 13.2. The van der Waals surface area contributed by atoms with Gasteiger partial charge in [-0.25, -0.2) is 0 Å². The second kappa shape index (κ2) is 7.19. The predicted molar refractivity (Wildman–Crippen MR) is 85.2 cm³/mol. The Kier molecular flexibility index (Phi) is 5.28. The Bertz CT molecular complexity index is 624. The van der Waals surface area contributed by atoms with Gasteiger partial charge in [0.1, 0.15) is 5.69 Å². The SMILES string of the molecule is CC(=O)N1CCN(CC(=O)Nc2ccc(C)cc2[N+](=O)[O-])CC1. The van der Waals surface area contributed by atoms with Gasteiger partial charge in [0, 0.05) is 39.2 Å². The van der Waals surface area contributed by atoms with E-state index in [2.05, 4.69) is 5.32 Å². The number of hydrogen-bond donors (Lipinski definition) is 1. The second-order valence-corrected chi connectivity index (χ2v) is 5.61. The smallest absolute Gasteiger partial charge is 0.293 e. The molecule has 2 amide bonds. The third kappa shape index (κ3) is 4.49. The van der Waals surface area contributed by atoms with Gasteiger partial charge >= 0.3 is 0 Å². The Morgan fingerprint density at radius 1 is 1.26 bits per heavy atom. The Balaban J connectivity index is 1.93. The fourth-order valence-corrected chi connectivity index (χ4v) is 2.51. The van der Waals surface area contributed by atoms with Crippen LogP contribution in [0.1, 0.15) is 12.5 Å². The lowest BCUT2D eigenvalue weighted by molar-refractivity contribution is -0.384. The highest BCUT2D eigenvalue weighted by Crippen LogP contribution is 2.25.